The fraction of sp³-hybridized carbons (Fsp3) is 0.886. The summed E-state index contributed by atoms with van der Waals surface area (Å²) in [6.45, 7) is 27.5. The first kappa shape index (κ1) is 55.6. The van der Waals surface area contributed by atoms with Crippen LogP contribution in [0.3, 0.4) is 0 Å². The number of hydrogen-bond donors (Lipinski definition) is 0. The molecular weight excluding hydrogens is 736 g/mol. The fourth-order valence-corrected chi connectivity index (χ4v) is 5.38. The molecule has 0 aliphatic carbocycles. The van der Waals surface area contributed by atoms with Gasteiger partial charge in [-0.05, 0) is 75.2 Å². The number of esters is 4. The summed E-state index contributed by atoms with van der Waals surface area (Å²) in [7, 11) is 0. The van der Waals surface area contributed by atoms with Crippen LogP contribution in [0.15, 0.2) is 0 Å². The third-order valence-corrected chi connectivity index (χ3v) is 7.88. The first-order valence-electron chi connectivity index (χ1n) is 20.7. The zero-order valence-corrected chi connectivity index (χ0v) is 38.4. The van der Waals surface area contributed by atoms with E-state index in [4.69, 9.17) is 18.9 Å². The van der Waals surface area contributed by atoms with E-state index in [1.807, 2.05) is 41.5 Å². The zero-order chi connectivity index (χ0) is 41.6. The van der Waals surface area contributed by atoms with Crippen molar-refractivity contribution in [3.05, 3.63) is 6.92 Å². The molecule has 0 aliphatic heterocycles. The van der Waals surface area contributed by atoms with E-state index in [0.29, 0.717) is 6.42 Å². The standard InChI is InChI=1S/C22H42O4.C11H23Br.C11H19O4/c1-8-9-10-11-12-13-14-15-16-17-18(19(23)25-21(2,3)4)20(24)26-22(5,6)7;1-2-3-4-5-6-7-8-9-10-11-12;1-10(2,3)14-8(12)7-9(13)15-11(4,5)6/h18H,8-17H2,1-7H3;2-11H2,1H3;1,7H2,2-6H3/q;;+1. The summed E-state index contributed by atoms with van der Waals surface area (Å²) in [5, 5.41) is 1.18. The van der Waals surface area contributed by atoms with Gasteiger partial charge in [0.1, 0.15) is 30.1 Å². The highest BCUT2D eigenvalue weighted by molar-refractivity contribution is 9.09. The van der Waals surface area contributed by atoms with Gasteiger partial charge in [0.2, 0.25) is 5.60 Å². The lowest BCUT2D eigenvalue weighted by molar-refractivity contribution is -0.175. The molecule has 8 nitrogen and oxygen atoms in total. The maximum absolute atomic E-state index is 12.4. The number of carbonyl (C=O) groups is 4. The van der Waals surface area contributed by atoms with Crippen molar-refractivity contribution >= 4 is 39.8 Å². The monoisotopic (exact) mass is 820 g/mol. The molecule has 0 saturated heterocycles. The average Bonchev–Trinajstić information content (AvgIpc) is 2.96. The maximum Gasteiger partial charge on any atom is 0.320 e. The Bertz CT molecular complexity index is 871. The summed E-state index contributed by atoms with van der Waals surface area (Å²) < 4.78 is 20.7. The highest BCUT2D eigenvalue weighted by atomic mass is 79.9. The van der Waals surface area contributed by atoms with E-state index < -0.39 is 52.2 Å². The fourth-order valence-electron chi connectivity index (χ4n) is 4.98. The lowest BCUT2D eigenvalue weighted by Gasteiger charge is -2.26. The Morgan fingerprint density at radius 3 is 1.08 bits per heavy atom. The molecule has 0 aromatic carbocycles. The number of unbranched alkanes of at least 4 members (excludes halogenated alkanes) is 16. The first-order chi connectivity index (χ1) is 24.4. The molecule has 0 unspecified atom stereocenters. The van der Waals surface area contributed by atoms with E-state index >= 15 is 0 Å². The van der Waals surface area contributed by atoms with Crippen LogP contribution in [0.1, 0.15) is 218 Å². The normalized spacial score (nSPS) is 11.8. The molecule has 0 radical (unpaired) electrons. The number of ether oxygens (including phenoxy) is 4. The summed E-state index contributed by atoms with van der Waals surface area (Å²) in [6.07, 6.45) is 23.7. The predicted molar refractivity (Wildman–Crippen MR) is 224 cm³/mol. The number of halogens is 1. The molecule has 0 amide bonds. The van der Waals surface area contributed by atoms with Gasteiger partial charge in [-0.1, -0.05) is 139 Å². The van der Waals surface area contributed by atoms with Gasteiger partial charge in [-0.2, -0.15) is 0 Å². The molecule has 9 heteroatoms. The SMILES string of the molecule is CCCCCCCCCCCBr.CCCCCCCCCCCC(C(=O)OC(C)(C)C)C(=O)OC(C)(C)C.[CH2+]C(C)(C)OC(=O)CC(=O)OC(C)(C)C. The number of carbonyl (C=O) groups excluding carboxylic acids is 4. The predicted octanol–water partition coefficient (Wildman–Crippen LogP) is 13.0. The van der Waals surface area contributed by atoms with Crippen LogP contribution in [0.5, 0.6) is 0 Å². The molecule has 0 aliphatic rings. The molecule has 0 bridgehead atoms. The second-order valence-corrected chi connectivity index (χ2v) is 18.5. The highest BCUT2D eigenvalue weighted by Gasteiger charge is 2.34. The summed E-state index contributed by atoms with van der Waals surface area (Å²) >= 11 is 3.45. The summed E-state index contributed by atoms with van der Waals surface area (Å²) in [6, 6.07) is 0. The van der Waals surface area contributed by atoms with Crippen LogP contribution in [0.25, 0.3) is 0 Å². The van der Waals surface area contributed by atoms with Crippen LogP contribution in [-0.4, -0.2) is 51.6 Å². The molecule has 0 N–H and O–H groups in total. The minimum atomic E-state index is -0.821. The summed E-state index contributed by atoms with van der Waals surface area (Å²) in [5.41, 5.74) is -2.61. The molecule has 0 heterocycles. The lowest BCUT2D eigenvalue weighted by Crippen LogP contribution is -2.36. The van der Waals surface area contributed by atoms with Gasteiger partial charge < -0.3 is 18.9 Å². The van der Waals surface area contributed by atoms with Crippen LogP contribution >= 0.6 is 15.9 Å². The molecule has 0 fully saturated rings. The highest BCUT2D eigenvalue weighted by Crippen LogP contribution is 2.22. The second-order valence-electron chi connectivity index (χ2n) is 17.8. The van der Waals surface area contributed by atoms with Crippen molar-refractivity contribution in [3.8, 4) is 0 Å². The van der Waals surface area contributed by atoms with Crippen molar-refractivity contribution in [3.63, 3.8) is 0 Å². The number of hydrogen-bond acceptors (Lipinski definition) is 8. The molecule has 0 saturated carbocycles. The average molecular weight is 821 g/mol. The van der Waals surface area contributed by atoms with E-state index in [-0.39, 0.29) is 6.42 Å². The molecule has 0 rings (SSSR count). The van der Waals surface area contributed by atoms with Crippen LogP contribution in [-0.2, 0) is 38.1 Å². The van der Waals surface area contributed by atoms with E-state index in [9.17, 15) is 19.2 Å². The van der Waals surface area contributed by atoms with Crippen molar-refractivity contribution in [2.45, 2.75) is 241 Å². The van der Waals surface area contributed by atoms with Crippen LogP contribution in [0.2, 0.25) is 0 Å². The molecule has 0 aromatic rings. The van der Waals surface area contributed by atoms with Gasteiger partial charge in [-0.3, -0.25) is 19.2 Å². The van der Waals surface area contributed by atoms with Gasteiger partial charge >= 0.3 is 23.9 Å². The Morgan fingerprint density at radius 2 is 0.774 bits per heavy atom. The smallest absolute Gasteiger partial charge is 0.320 e. The van der Waals surface area contributed by atoms with Gasteiger partial charge in [0.05, 0.1) is 0 Å². The Morgan fingerprint density at radius 1 is 0.472 bits per heavy atom. The summed E-state index contributed by atoms with van der Waals surface area (Å²) in [4.78, 5) is 47.3. The lowest BCUT2D eigenvalue weighted by atomic mass is 9.99. The third-order valence-electron chi connectivity index (χ3n) is 7.31. The molecular formula is C44H84BrO8+. The third kappa shape index (κ3) is 46.3. The second kappa shape index (κ2) is 31.4. The van der Waals surface area contributed by atoms with Crippen LogP contribution < -0.4 is 0 Å². The van der Waals surface area contributed by atoms with E-state index in [1.54, 1.807) is 34.6 Å². The minimum Gasteiger partial charge on any atom is -0.460 e. The van der Waals surface area contributed by atoms with Gasteiger partial charge in [0.15, 0.2) is 5.92 Å². The van der Waals surface area contributed by atoms with Crippen molar-refractivity contribution in [2.24, 2.45) is 5.92 Å². The number of rotatable bonds is 24. The number of alkyl halides is 1. The minimum absolute atomic E-state index is 0.379. The van der Waals surface area contributed by atoms with Gasteiger partial charge in [-0.25, -0.2) is 0 Å². The molecule has 314 valence electrons. The largest absolute Gasteiger partial charge is 0.460 e. The van der Waals surface area contributed by atoms with Crippen molar-refractivity contribution < 1.29 is 38.1 Å². The van der Waals surface area contributed by atoms with Crippen LogP contribution in [0.4, 0.5) is 0 Å². The van der Waals surface area contributed by atoms with Crippen LogP contribution in [0, 0.1) is 12.8 Å². The van der Waals surface area contributed by atoms with Gasteiger partial charge in [-0.15, -0.1) is 0 Å². The first-order valence-corrected chi connectivity index (χ1v) is 21.8. The van der Waals surface area contributed by atoms with Crippen molar-refractivity contribution in [1.29, 1.82) is 0 Å². The van der Waals surface area contributed by atoms with Gasteiger partial charge in [0.25, 0.3) is 0 Å². The Labute approximate surface area is 335 Å². The molecule has 0 spiro atoms. The van der Waals surface area contributed by atoms with Gasteiger partial charge in [0, 0.05) is 19.2 Å². The molecule has 0 atom stereocenters. The maximum atomic E-state index is 12.4. The van der Waals surface area contributed by atoms with Crippen molar-refractivity contribution in [1.82, 2.24) is 0 Å². The van der Waals surface area contributed by atoms with E-state index in [0.717, 1.165) is 19.3 Å². The van der Waals surface area contributed by atoms with E-state index in [2.05, 4.69) is 36.7 Å². The van der Waals surface area contributed by atoms with Crippen molar-refractivity contribution in [2.75, 3.05) is 5.33 Å². The van der Waals surface area contributed by atoms with E-state index in [1.165, 1.54) is 102 Å². The topological polar surface area (TPSA) is 105 Å². The Hall–Kier alpha value is -1.77. The Kier molecular flexibility index (Phi) is 33.0. The zero-order valence-electron chi connectivity index (χ0n) is 36.8. The molecule has 0 aromatic heterocycles. The molecule has 53 heavy (non-hydrogen) atoms. The summed E-state index contributed by atoms with van der Waals surface area (Å²) in [5.74, 6) is -2.96. The Balaban J connectivity index is -0.000000781. The quantitative estimate of drug-likeness (QED) is 0.0237.